The average Bonchev–Trinajstić information content (AvgIpc) is 3.14. The molecule has 4 nitrogen and oxygen atoms in total. The van der Waals surface area contributed by atoms with E-state index in [1.54, 1.807) is 11.3 Å². The van der Waals surface area contributed by atoms with Crippen LogP contribution in [0.1, 0.15) is 57.2 Å². The molecule has 7 heteroatoms. The molecular formula is C18H32IN3OS2. The molecular weight excluding hydrogens is 465 g/mol. The predicted octanol–water partition coefficient (Wildman–Crippen LogP) is 4.10. The van der Waals surface area contributed by atoms with Crippen LogP contribution in [0.5, 0.6) is 0 Å². The van der Waals surface area contributed by atoms with Crippen LogP contribution in [-0.2, 0) is 10.8 Å². The van der Waals surface area contributed by atoms with Crippen molar-refractivity contribution in [1.29, 1.82) is 0 Å². The number of nitrogens with zero attached hydrogens (tertiary/aromatic N) is 1. The number of halogens is 1. The molecule has 2 N–H and O–H groups in total. The number of hydrogen-bond donors (Lipinski definition) is 2. The molecule has 4 atom stereocenters. The van der Waals surface area contributed by atoms with Gasteiger partial charge in [-0.2, -0.15) is 0 Å². The molecule has 0 aromatic carbocycles. The number of aliphatic imine (C=N–C) groups is 1. The molecule has 0 amide bonds. The maximum Gasteiger partial charge on any atom is 0.191 e. The topological polar surface area (TPSA) is 53.5 Å². The zero-order valence-corrected chi connectivity index (χ0v) is 19.5. The fourth-order valence-corrected chi connectivity index (χ4v) is 5.28. The summed E-state index contributed by atoms with van der Waals surface area (Å²) in [5, 5.41) is 9.39. The molecule has 1 heterocycles. The smallest absolute Gasteiger partial charge is 0.191 e. The Labute approximate surface area is 176 Å². The Morgan fingerprint density at radius 2 is 2.24 bits per heavy atom. The SMILES string of the molecule is CCNC(=NCC(C)c1cccs1)NC1CCCC(S(=O)CC)C1.I. The lowest BCUT2D eigenvalue weighted by Crippen LogP contribution is -2.46. The molecule has 2 rings (SSSR count). The number of rotatable bonds is 7. The number of hydrogen-bond acceptors (Lipinski definition) is 3. The molecule has 1 aromatic rings. The third-order valence-corrected chi connectivity index (χ3v) is 7.36. The first kappa shape index (κ1) is 22.9. The van der Waals surface area contributed by atoms with Gasteiger partial charge in [-0.3, -0.25) is 9.20 Å². The standard InChI is InChI=1S/C18H31N3OS2.HI/c1-4-19-18(20-13-14(3)17-10-7-11-23-17)21-15-8-6-9-16(12-15)24(22)5-2;/h7,10-11,14-16H,4-6,8-9,12-13H2,1-3H3,(H2,19,20,21);1H. The van der Waals surface area contributed by atoms with Crippen molar-refractivity contribution in [2.45, 2.75) is 63.7 Å². The maximum atomic E-state index is 12.1. The molecule has 1 aromatic heterocycles. The van der Waals surface area contributed by atoms with E-state index in [-0.39, 0.29) is 24.0 Å². The van der Waals surface area contributed by atoms with E-state index in [4.69, 9.17) is 4.99 Å². The van der Waals surface area contributed by atoms with Gasteiger partial charge in [-0.05, 0) is 37.6 Å². The van der Waals surface area contributed by atoms with Crippen molar-refractivity contribution in [1.82, 2.24) is 10.6 Å². The van der Waals surface area contributed by atoms with Crippen LogP contribution < -0.4 is 10.6 Å². The van der Waals surface area contributed by atoms with E-state index in [0.29, 0.717) is 17.2 Å². The average molecular weight is 498 g/mol. The lowest BCUT2D eigenvalue weighted by Gasteiger charge is -2.30. The quantitative estimate of drug-likeness (QED) is 0.339. The maximum absolute atomic E-state index is 12.1. The summed E-state index contributed by atoms with van der Waals surface area (Å²) in [6.45, 7) is 7.98. The van der Waals surface area contributed by atoms with Gasteiger partial charge in [-0.25, -0.2) is 0 Å². The third kappa shape index (κ3) is 7.54. The Balaban J connectivity index is 0.00000312. The van der Waals surface area contributed by atoms with Gasteiger partial charge < -0.3 is 10.6 Å². The minimum absolute atomic E-state index is 0. The fraction of sp³-hybridized carbons (Fsp3) is 0.722. The molecule has 1 aliphatic carbocycles. The molecule has 4 unspecified atom stereocenters. The summed E-state index contributed by atoms with van der Waals surface area (Å²) in [5.41, 5.74) is 0. The summed E-state index contributed by atoms with van der Waals surface area (Å²) >= 11 is 1.79. The number of guanidine groups is 1. The Kier molecular flexibility index (Phi) is 11.2. The lowest BCUT2D eigenvalue weighted by atomic mass is 9.95. The molecule has 0 saturated heterocycles. The number of thiophene rings is 1. The van der Waals surface area contributed by atoms with E-state index < -0.39 is 10.8 Å². The summed E-state index contributed by atoms with van der Waals surface area (Å²) < 4.78 is 12.1. The van der Waals surface area contributed by atoms with Gasteiger partial charge in [-0.15, -0.1) is 35.3 Å². The highest BCUT2D eigenvalue weighted by molar-refractivity contribution is 14.0. The monoisotopic (exact) mass is 497 g/mol. The second-order valence-electron chi connectivity index (χ2n) is 6.44. The van der Waals surface area contributed by atoms with Crippen LogP contribution in [0.2, 0.25) is 0 Å². The van der Waals surface area contributed by atoms with E-state index >= 15 is 0 Å². The molecule has 25 heavy (non-hydrogen) atoms. The highest BCUT2D eigenvalue weighted by Gasteiger charge is 2.26. The Morgan fingerprint density at radius 1 is 1.44 bits per heavy atom. The van der Waals surface area contributed by atoms with Crippen molar-refractivity contribution in [2.24, 2.45) is 4.99 Å². The van der Waals surface area contributed by atoms with Gasteiger partial charge in [-0.1, -0.05) is 26.3 Å². The van der Waals surface area contributed by atoms with Gasteiger partial charge in [0.05, 0.1) is 6.54 Å². The molecule has 1 fully saturated rings. The molecule has 0 radical (unpaired) electrons. The molecule has 144 valence electrons. The summed E-state index contributed by atoms with van der Waals surface area (Å²) in [4.78, 5) is 6.16. The van der Waals surface area contributed by atoms with Crippen LogP contribution >= 0.6 is 35.3 Å². The van der Waals surface area contributed by atoms with Crippen LogP contribution in [0.3, 0.4) is 0 Å². The van der Waals surface area contributed by atoms with E-state index in [0.717, 1.165) is 50.5 Å². The highest BCUT2D eigenvalue weighted by Crippen LogP contribution is 2.23. The van der Waals surface area contributed by atoms with Crippen LogP contribution in [0.25, 0.3) is 0 Å². The van der Waals surface area contributed by atoms with Crippen LogP contribution in [-0.4, -0.2) is 40.3 Å². The molecule has 0 aliphatic heterocycles. The normalized spacial score (nSPS) is 23.4. The van der Waals surface area contributed by atoms with E-state index in [1.807, 2.05) is 6.92 Å². The summed E-state index contributed by atoms with van der Waals surface area (Å²) in [5.74, 6) is 2.10. The van der Waals surface area contributed by atoms with Gasteiger partial charge in [0.2, 0.25) is 0 Å². The summed E-state index contributed by atoms with van der Waals surface area (Å²) in [7, 11) is -0.683. The fourth-order valence-electron chi connectivity index (χ4n) is 3.15. The van der Waals surface area contributed by atoms with Crippen LogP contribution in [0.15, 0.2) is 22.5 Å². The minimum Gasteiger partial charge on any atom is -0.357 e. The Bertz CT molecular complexity index is 536. The largest absolute Gasteiger partial charge is 0.357 e. The molecule has 1 saturated carbocycles. The van der Waals surface area contributed by atoms with Crippen molar-refractivity contribution in [3.05, 3.63) is 22.4 Å². The predicted molar refractivity (Wildman–Crippen MR) is 122 cm³/mol. The molecule has 1 aliphatic rings. The van der Waals surface area contributed by atoms with Crippen molar-refractivity contribution < 1.29 is 4.21 Å². The zero-order valence-electron chi connectivity index (χ0n) is 15.5. The Morgan fingerprint density at radius 3 is 2.88 bits per heavy atom. The van der Waals surface area contributed by atoms with Gasteiger partial charge in [0.15, 0.2) is 5.96 Å². The summed E-state index contributed by atoms with van der Waals surface area (Å²) in [6, 6.07) is 4.66. The van der Waals surface area contributed by atoms with Crippen LogP contribution in [0.4, 0.5) is 0 Å². The van der Waals surface area contributed by atoms with Crippen LogP contribution in [0, 0.1) is 0 Å². The van der Waals surface area contributed by atoms with Crippen molar-refractivity contribution in [3.63, 3.8) is 0 Å². The van der Waals surface area contributed by atoms with Gasteiger partial charge in [0.25, 0.3) is 0 Å². The third-order valence-electron chi connectivity index (χ3n) is 4.52. The van der Waals surface area contributed by atoms with E-state index in [2.05, 4.69) is 42.0 Å². The van der Waals surface area contributed by atoms with Gasteiger partial charge in [0.1, 0.15) is 0 Å². The molecule has 0 spiro atoms. The number of nitrogens with one attached hydrogen (secondary N) is 2. The first-order valence-electron chi connectivity index (χ1n) is 9.09. The van der Waals surface area contributed by atoms with Crippen molar-refractivity contribution >= 4 is 52.1 Å². The second kappa shape index (κ2) is 12.3. The molecule has 0 bridgehead atoms. The van der Waals surface area contributed by atoms with Crippen molar-refractivity contribution in [3.8, 4) is 0 Å². The first-order valence-corrected chi connectivity index (χ1v) is 11.4. The zero-order chi connectivity index (χ0) is 17.4. The van der Waals surface area contributed by atoms with Gasteiger partial charge in [0, 0.05) is 45.2 Å². The first-order chi connectivity index (χ1) is 11.6. The lowest BCUT2D eigenvalue weighted by molar-refractivity contribution is 0.413. The highest BCUT2D eigenvalue weighted by atomic mass is 127. The summed E-state index contributed by atoms with van der Waals surface area (Å²) in [6.07, 6.45) is 4.38. The Hall–Kier alpha value is -0.150. The second-order valence-corrected chi connectivity index (χ2v) is 9.42. The van der Waals surface area contributed by atoms with Crippen molar-refractivity contribution in [2.75, 3.05) is 18.8 Å². The van der Waals surface area contributed by atoms with Gasteiger partial charge >= 0.3 is 0 Å². The minimum atomic E-state index is -0.683. The van der Waals surface area contributed by atoms with E-state index in [9.17, 15) is 4.21 Å². The van der Waals surface area contributed by atoms with E-state index in [1.165, 1.54) is 4.88 Å².